The Bertz CT molecular complexity index is 306. The average Bonchev–Trinajstić information content (AvgIpc) is 2.12. The highest BCUT2D eigenvalue weighted by Crippen LogP contribution is 2.19. The van der Waals surface area contributed by atoms with Crippen molar-refractivity contribution < 1.29 is 18.3 Å². The van der Waals surface area contributed by atoms with Gasteiger partial charge in [0, 0.05) is 0 Å². The second-order valence-corrected chi connectivity index (χ2v) is 7.74. The number of carboxylic acid groups (broad SMARTS) is 1. The molecule has 0 saturated carbocycles. The lowest BCUT2D eigenvalue weighted by Crippen LogP contribution is -2.42. The third-order valence-electron chi connectivity index (χ3n) is 2.20. The summed E-state index contributed by atoms with van der Waals surface area (Å²) in [4.78, 5) is 10.8. The minimum atomic E-state index is -3.55. The fourth-order valence-electron chi connectivity index (χ4n) is 0.884. The molecular weight excluding hydrogens is 236 g/mol. The van der Waals surface area contributed by atoms with Crippen LogP contribution in [0.2, 0.25) is 0 Å². The summed E-state index contributed by atoms with van der Waals surface area (Å²) < 4.78 is 21.7. The summed E-state index contributed by atoms with van der Waals surface area (Å²) in [5.74, 6) is 0.359. The molecule has 0 bridgehead atoms. The zero-order valence-corrected chi connectivity index (χ0v) is 10.9. The predicted octanol–water partition coefficient (Wildman–Crippen LogP) is 1.41. The molecule has 0 unspecified atom stereocenters. The number of carbonyl (C=O) groups is 1. The lowest BCUT2D eigenvalue weighted by atomic mass is 10.2. The van der Waals surface area contributed by atoms with Crippen LogP contribution in [0.15, 0.2) is 0 Å². The number of rotatable bonds is 7. The van der Waals surface area contributed by atoms with Crippen LogP contribution >= 0.6 is 11.8 Å². The molecule has 0 rings (SSSR count). The topological polar surface area (TPSA) is 71.4 Å². The van der Waals surface area contributed by atoms with E-state index in [9.17, 15) is 13.2 Å². The Morgan fingerprint density at radius 3 is 2.33 bits per heavy atom. The van der Waals surface area contributed by atoms with E-state index in [0.29, 0.717) is 6.42 Å². The number of hydrogen-bond donors (Lipinski definition) is 1. The fraction of sp³-hybridized carbons (Fsp3) is 0.889. The quantitative estimate of drug-likeness (QED) is 0.695. The van der Waals surface area contributed by atoms with Gasteiger partial charge in [0.15, 0.2) is 14.6 Å². The van der Waals surface area contributed by atoms with Gasteiger partial charge in [-0.1, -0.05) is 6.92 Å². The Kier molecular flexibility index (Phi) is 5.66. The molecule has 0 heterocycles. The van der Waals surface area contributed by atoms with Gasteiger partial charge in [0.2, 0.25) is 0 Å². The highest BCUT2D eigenvalue weighted by molar-refractivity contribution is 7.99. The first-order valence-electron chi connectivity index (χ1n) is 4.79. The summed E-state index contributed by atoms with van der Waals surface area (Å²) in [6.45, 7) is 4.47. The third-order valence-corrected chi connectivity index (χ3v) is 5.74. The Morgan fingerprint density at radius 1 is 1.40 bits per heavy atom. The minimum Gasteiger partial charge on any atom is -0.480 e. The van der Waals surface area contributed by atoms with Gasteiger partial charge < -0.3 is 5.11 Å². The van der Waals surface area contributed by atoms with E-state index >= 15 is 0 Å². The van der Waals surface area contributed by atoms with Crippen molar-refractivity contribution in [2.75, 3.05) is 17.3 Å². The van der Waals surface area contributed by atoms with Crippen molar-refractivity contribution >= 4 is 27.6 Å². The van der Waals surface area contributed by atoms with Crippen molar-refractivity contribution in [3.8, 4) is 0 Å². The van der Waals surface area contributed by atoms with Crippen LogP contribution in [0.3, 0.4) is 0 Å². The number of carboxylic acids is 1. The van der Waals surface area contributed by atoms with E-state index in [1.165, 1.54) is 13.8 Å². The normalized spacial score (nSPS) is 12.7. The second-order valence-electron chi connectivity index (χ2n) is 3.68. The molecule has 0 fully saturated rings. The van der Waals surface area contributed by atoms with Crippen LogP contribution in [-0.4, -0.2) is 41.5 Å². The van der Waals surface area contributed by atoms with E-state index in [4.69, 9.17) is 5.11 Å². The molecule has 15 heavy (non-hydrogen) atoms. The first kappa shape index (κ1) is 14.8. The standard InChI is InChI=1S/C9H18O4S2/c1-4-14-6-5-7-15(12,13)9(2,3)8(10)11/h4-7H2,1-3H3,(H,10,11). The smallest absolute Gasteiger partial charge is 0.324 e. The van der Waals surface area contributed by atoms with Crippen LogP contribution in [0.25, 0.3) is 0 Å². The Labute approximate surface area is 95.4 Å². The zero-order valence-electron chi connectivity index (χ0n) is 9.32. The number of sulfone groups is 1. The van der Waals surface area contributed by atoms with Crippen molar-refractivity contribution in [3.05, 3.63) is 0 Å². The van der Waals surface area contributed by atoms with E-state index in [2.05, 4.69) is 0 Å². The molecule has 0 aromatic heterocycles. The highest BCUT2D eigenvalue weighted by atomic mass is 32.2. The molecule has 0 aliphatic rings. The third kappa shape index (κ3) is 4.03. The van der Waals surface area contributed by atoms with E-state index in [1.807, 2.05) is 6.92 Å². The van der Waals surface area contributed by atoms with Crippen LogP contribution in [0, 0.1) is 0 Å². The minimum absolute atomic E-state index is 0.0563. The molecule has 0 spiro atoms. The molecular formula is C9H18O4S2. The molecule has 4 nitrogen and oxygen atoms in total. The van der Waals surface area contributed by atoms with Gasteiger partial charge in [-0.2, -0.15) is 11.8 Å². The molecule has 0 amide bonds. The maximum Gasteiger partial charge on any atom is 0.324 e. The number of thioether (sulfide) groups is 1. The van der Waals surface area contributed by atoms with Crippen molar-refractivity contribution in [1.82, 2.24) is 0 Å². The lowest BCUT2D eigenvalue weighted by Gasteiger charge is -2.19. The summed E-state index contributed by atoms with van der Waals surface area (Å²) in [7, 11) is -3.55. The summed E-state index contributed by atoms with van der Waals surface area (Å²) in [5, 5.41) is 8.80. The summed E-state index contributed by atoms with van der Waals surface area (Å²) in [6.07, 6.45) is 0.511. The van der Waals surface area contributed by atoms with E-state index in [1.54, 1.807) is 11.8 Å². The molecule has 6 heteroatoms. The number of hydrogen-bond acceptors (Lipinski definition) is 4. The molecule has 90 valence electrons. The van der Waals surface area contributed by atoms with Gasteiger partial charge in [-0.25, -0.2) is 8.42 Å². The summed E-state index contributed by atoms with van der Waals surface area (Å²) in [5.41, 5.74) is 0. The van der Waals surface area contributed by atoms with Crippen LogP contribution in [-0.2, 0) is 14.6 Å². The van der Waals surface area contributed by atoms with Gasteiger partial charge in [0.1, 0.15) is 0 Å². The molecule has 0 aliphatic carbocycles. The molecule has 0 saturated heterocycles. The highest BCUT2D eigenvalue weighted by Gasteiger charge is 2.41. The van der Waals surface area contributed by atoms with E-state index in [-0.39, 0.29) is 5.75 Å². The first-order chi connectivity index (χ1) is 6.75. The Morgan fingerprint density at radius 2 is 1.93 bits per heavy atom. The van der Waals surface area contributed by atoms with Crippen LogP contribution in [0.5, 0.6) is 0 Å². The SMILES string of the molecule is CCSCCCS(=O)(=O)C(C)(C)C(=O)O. The monoisotopic (exact) mass is 254 g/mol. The van der Waals surface area contributed by atoms with Crippen molar-refractivity contribution in [3.63, 3.8) is 0 Å². The second kappa shape index (κ2) is 5.75. The molecule has 1 N–H and O–H groups in total. The van der Waals surface area contributed by atoms with Crippen molar-refractivity contribution in [2.24, 2.45) is 0 Å². The molecule has 0 radical (unpaired) electrons. The molecule has 0 aliphatic heterocycles. The zero-order chi connectivity index (χ0) is 12.1. The van der Waals surface area contributed by atoms with Crippen LogP contribution in [0.1, 0.15) is 27.2 Å². The summed E-state index contributed by atoms with van der Waals surface area (Å²) in [6, 6.07) is 0. The van der Waals surface area contributed by atoms with Gasteiger partial charge in [0.25, 0.3) is 0 Å². The average molecular weight is 254 g/mol. The Balaban J connectivity index is 4.37. The van der Waals surface area contributed by atoms with Gasteiger partial charge in [-0.05, 0) is 31.8 Å². The van der Waals surface area contributed by atoms with E-state index in [0.717, 1.165) is 11.5 Å². The molecule has 0 aromatic rings. The first-order valence-corrected chi connectivity index (χ1v) is 7.60. The summed E-state index contributed by atoms with van der Waals surface area (Å²) >= 11 is 1.66. The van der Waals surface area contributed by atoms with Gasteiger partial charge in [0.05, 0.1) is 5.75 Å². The Hall–Kier alpha value is -0.230. The predicted molar refractivity (Wildman–Crippen MR) is 63.1 cm³/mol. The van der Waals surface area contributed by atoms with Crippen LogP contribution < -0.4 is 0 Å². The maximum absolute atomic E-state index is 11.7. The van der Waals surface area contributed by atoms with Gasteiger partial charge >= 0.3 is 5.97 Å². The van der Waals surface area contributed by atoms with Gasteiger partial charge in [-0.3, -0.25) is 4.79 Å². The van der Waals surface area contributed by atoms with Crippen molar-refractivity contribution in [2.45, 2.75) is 31.9 Å². The van der Waals surface area contributed by atoms with E-state index < -0.39 is 20.6 Å². The van der Waals surface area contributed by atoms with Gasteiger partial charge in [-0.15, -0.1) is 0 Å². The largest absolute Gasteiger partial charge is 0.480 e. The lowest BCUT2D eigenvalue weighted by molar-refractivity contribution is -0.139. The maximum atomic E-state index is 11.7. The fourth-order valence-corrected chi connectivity index (χ4v) is 3.00. The van der Waals surface area contributed by atoms with Crippen LogP contribution in [0.4, 0.5) is 0 Å². The number of aliphatic carboxylic acids is 1. The molecule has 0 aromatic carbocycles. The van der Waals surface area contributed by atoms with Crippen molar-refractivity contribution in [1.29, 1.82) is 0 Å². The molecule has 0 atom stereocenters.